The second-order valence-corrected chi connectivity index (χ2v) is 5.44. The number of likely N-dealkylation sites (N-methyl/N-ethyl adjacent to an activating group) is 1. The van der Waals surface area contributed by atoms with E-state index in [1.807, 2.05) is 13.8 Å². The van der Waals surface area contributed by atoms with Gasteiger partial charge in [0.05, 0.1) is 17.6 Å². The normalized spacial score (nSPS) is 12.6. The van der Waals surface area contributed by atoms with Gasteiger partial charge in [0.2, 0.25) is 5.28 Å². The smallest absolute Gasteiger partial charge is 0.341 e. The zero-order valence-electron chi connectivity index (χ0n) is 13.8. The molecule has 0 radical (unpaired) electrons. The Kier molecular flexibility index (Phi) is 7.47. The Labute approximate surface area is 139 Å². The predicted octanol–water partition coefficient (Wildman–Crippen LogP) is 2.04. The molecular formula is C15H21N3O6. The minimum atomic E-state index is -1.14. The molecule has 0 aromatic heterocycles. The minimum Gasteiger partial charge on any atom is -0.569 e. The van der Waals surface area contributed by atoms with E-state index in [2.05, 4.69) is 10.1 Å². The summed E-state index contributed by atoms with van der Waals surface area (Å²) in [5, 5.41) is 24.9. The minimum absolute atomic E-state index is 0.0114. The van der Waals surface area contributed by atoms with E-state index in [-0.39, 0.29) is 17.3 Å². The number of hydrogen-bond acceptors (Lipinski definition) is 6. The number of nitrogens with zero attached hydrogens (tertiary/aromatic N) is 3. The fourth-order valence-corrected chi connectivity index (χ4v) is 1.85. The summed E-state index contributed by atoms with van der Waals surface area (Å²) in [5.41, 5.74) is 0.333. The van der Waals surface area contributed by atoms with Crippen molar-refractivity contribution in [2.75, 3.05) is 13.8 Å². The van der Waals surface area contributed by atoms with Crippen molar-refractivity contribution >= 4 is 11.9 Å². The summed E-state index contributed by atoms with van der Waals surface area (Å²) in [6.45, 7) is 3.12. The number of rotatable bonds is 9. The van der Waals surface area contributed by atoms with Crippen LogP contribution >= 0.6 is 0 Å². The van der Waals surface area contributed by atoms with Crippen LogP contribution in [0.4, 0.5) is 0 Å². The molecule has 0 aliphatic rings. The van der Waals surface area contributed by atoms with Crippen molar-refractivity contribution in [1.29, 1.82) is 0 Å². The Bertz CT molecular complexity index is 576. The number of esters is 1. The average Bonchev–Trinajstić information content (AvgIpc) is 2.55. The number of carbonyl (C=O) groups excluding carboxylic acids is 1. The number of carboxylic acid groups (broad SMARTS) is 1. The SMILES string of the molecule is CC(C)C[C@@H](C(=O)O)N(C)/[N+]([O-])=N/OCOC(=O)c1ccccc1. The highest BCUT2D eigenvalue weighted by Gasteiger charge is 2.29. The van der Waals surface area contributed by atoms with Gasteiger partial charge in [-0.25, -0.2) is 9.59 Å². The van der Waals surface area contributed by atoms with E-state index in [4.69, 9.17) is 9.84 Å². The summed E-state index contributed by atoms with van der Waals surface area (Å²) in [7, 11) is 1.29. The zero-order valence-corrected chi connectivity index (χ0v) is 13.8. The molecule has 0 spiro atoms. The first-order chi connectivity index (χ1) is 11.3. The third-order valence-corrected chi connectivity index (χ3v) is 3.08. The summed E-state index contributed by atoms with van der Waals surface area (Å²) in [6, 6.07) is 7.20. The van der Waals surface area contributed by atoms with Crippen molar-refractivity contribution in [2.24, 2.45) is 11.2 Å². The van der Waals surface area contributed by atoms with Crippen molar-refractivity contribution in [2.45, 2.75) is 26.3 Å². The maximum Gasteiger partial charge on any atom is 0.341 e. The van der Waals surface area contributed by atoms with Gasteiger partial charge in [0.25, 0.3) is 6.79 Å². The number of benzene rings is 1. The van der Waals surface area contributed by atoms with E-state index in [9.17, 15) is 14.8 Å². The number of carbonyl (C=O) groups is 2. The number of carboxylic acids is 1. The third-order valence-electron chi connectivity index (χ3n) is 3.08. The van der Waals surface area contributed by atoms with Gasteiger partial charge in [-0.1, -0.05) is 32.0 Å². The maximum atomic E-state index is 11.7. The molecule has 0 saturated heterocycles. The fraction of sp³-hybridized carbons (Fsp3) is 0.467. The molecule has 0 unspecified atom stereocenters. The average molecular weight is 339 g/mol. The molecule has 1 aromatic rings. The van der Waals surface area contributed by atoms with Gasteiger partial charge in [0.1, 0.15) is 0 Å². The number of hydrazine groups is 1. The number of ether oxygens (including phenoxy) is 1. The van der Waals surface area contributed by atoms with Crippen molar-refractivity contribution < 1.29 is 29.2 Å². The van der Waals surface area contributed by atoms with Crippen LogP contribution in [0.2, 0.25) is 0 Å². The lowest BCUT2D eigenvalue weighted by Gasteiger charge is -2.21. The van der Waals surface area contributed by atoms with Crippen LogP contribution in [-0.4, -0.2) is 46.9 Å². The molecule has 1 rings (SSSR count). The second-order valence-electron chi connectivity index (χ2n) is 5.44. The van der Waals surface area contributed by atoms with Crippen LogP contribution in [0.1, 0.15) is 30.6 Å². The first kappa shape index (κ1) is 19.2. The highest BCUT2D eigenvalue weighted by Crippen LogP contribution is 2.11. The quantitative estimate of drug-likeness (QED) is 0.183. The van der Waals surface area contributed by atoms with E-state index < -0.39 is 24.8 Å². The third kappa shape index (κ3) is 6.11. The molecule has 1 N–H and O–H groups in total. The van der Waals surface area contributed by atoms with Crippen LogP contribution in [-0.2, 0) is 14.4 Å². The standard InChI is InChI=1S/C15H21N3O6/c1-11(2)9-13(14(19)20)17(3)18(22)16-24-10-23-15(21)12-7-5-4-6-8-12/h4-8,11,13H,9-10H2,1-3H3,(H,19,20)/b18-16-/t13-/m0/s1. The van der Waals surface area contributed by atoms with Crippen molar-refractivity contribution in [1.82, 2.24) is 5.01 Å². The van der Waals surface area contributed by atoms with E-state index in [0.29, 0.717) is 5.56 Å². The molecule has 0 aliphatic carbocycles. The molecule has 0 bridgehead atoms. The Morgan fingerprint density at radius 2 is 1.96 bits per heavy atom. The van der Waals surface area contributed by atoms with Gasteiger partial charge in [-0.2, -0.15) is 0 Å². The lowest BCUT2D eigenvalue weighted by Crippen LogP contribution is -2.43. The van der Waals surface area contributed by atoms with E-state index in [1.165, 1.54) is 7.05 Å². The van der Waals surface area contributed by atoms with Gasteiger partial charge in [-0.3, -0.25) is 0 Å². The van der Waals surface area contributed by atoms with Gasteiger partial charge in [-0.05, 0) is 24.5 Å². The van der Waals surface area contributed by atoms with Gasteiger partial charge < -0.3 is 19.9 Å². The molecule has 9 heteroatoms. The van der Waals surface area contributed by atoms with E-state index >= 15 is 0 Å². The van der Waals surface area contributed by atoms with E-state index in [0.717, 1.165) is 5.01 Å². The maximum absolute atomic E-state index is 11.7. The predicted molar refractivity (Wildman–Crippen MR) is 82.5 cm³/mol. The van der Waals surface area contributed by atoms with Crippen LogP contribution < -0.4 is 0 Å². The Balaban J connectivity index is 2.50. The van der Waals surface area contributed by atoms with Crippen LogP contribution in [0, 0.1) is 11.1 Å². The number of aliphatic carboxylic acids is 1. The zero-order chi connectivity index (χ0) is 18.1. The Hall–Kier alpha value is -2.84. The first-order valence-corrected chi connectivity index (χ1v) is 7.30. The second kappa shape index (κ2) is 9.33. The molecule has 1 atom stereocenters. The summed E-state index contributed by atoms with van der Waals surface area (Å²) in [6.07, 6.45) is 0.267. The molecule has 0 amide bonds. The van der Waals surface area contributed by atoms with Gasteiger partial charge in [0.15, 0.2) is 6.04 Å². The Morgan fingerprint density at radius 3 is 2.50 bits per heavy atom. The molecule has 1 aromatic carbocycles. The summed E-state index contributed by atoms with van der Waals surface area (Å²) in [4.78, 5) is 27.4. The topological polar surface area (TPSA) is 114 Å². The fourth-order valence-electron chi connectivity index (χ4n) is 1.85. The van der Waals surface area contributed by atoms with Crippen molar-refractivity contribution in [3.05, 3.63) is 41.1 Å². The molecule has 0 aliphatic heterocycles. The molecule has 9 nitrogen and oxygen atoms in total. The largest absolute Gasteiger partial charge is 0.569 e. The molecule has 132 valence electrons. The van der Waals surface area contributed by atoms with Gasteiger partial charge >= 0.3 is 11.9 Å². The lowest BCUT2D eigenvalue weighted by atomic mass is 10.0. The first-order valence-electron chi connectivity index (χ1n) is 7.30. The lowest BCUT2D eigenvalue weighted by molar-refractivity contribution is -0.711. The number of hydrogen-bond donors (Lipinski definition) is 1. The summed E-state index contributed by atoms with van der Waals surface area (Å²) < 4.78 is 4.78. The molecular weight excluding hydrogens is 318 g/mol. The van der Waals surface area contributed by atoms with Crippen molar-refractivity contribution in [3.8, 4) is 0 Å². The summed E-state index contributed by atoms with van der Waals surface area (Å²) >= 11 is 0. The molecule has 0 fully saturated rings. The highest BCUT2D eigenvalue weighted by atomic mass is 16.8. The van der Waals surface area contributed by atoms with Gasteiger partial charge in [-0.15, -0.1) is 5.01 Å². The van der Waals surface area contributed by atoms with Crippen LogP contribution in [0.25, 0.3) is 0 Å². The van der Waals surface area contributed by atoms with Gasteiger partial charge in [0, 0.05) is 0 Å². The van der Waals surface area contributed by atoms with E-state index in [1.54, 1.807) is 30.3 Å². The highest BCUT2D eigenvalue weighted by molar-refractivity contribution is 5.89. The van der Waals surface area contributed by atoms with Crippen molar-refractivity contribution in [3.63, 3.8) is 0 Å². The molecule has 0 heterocycles. The monoisotopic (exact) mass is 339 g/mol. The summed E-state index contributed by atoms with van der Waals surface area (Å²) in [5.74, 6) is -1.69. The van der Waals surface area contributed by atoms with Crippen LogP contribution in [0.15, 0.2) is 35.6 Å². The van der Waals surface area contributed by atoms with Crippen LogP contribution in [0.3, 0.4) is 0 Å². The molecule has 24 heavy (non-hydrogen) atoms. The van der Waals surface area contributed by atoms with Crippen LogP contribution in [0.5, 0.6) is 0 Å². The molecule has 0 saturated carbocycles. The Morgan fingerprint density at radius 1 is 1.33 bits per heavy atom.